The van der Waals surface area contributed by atoms with Gasteiger partial charge in [-0.25, -0.2) is 0 Å². The van der Waals surface area contributed by atoms with Crippen molar-refractivity contribution in [2.45, 2.75) is 26.7 Å². The number of aryl methyl sites for hydroxylation is 2. The molecule has 1 saturated heterocycles. The van der Waals surface area contributed by atoms with Crippen LogP contribution in [0.25, 0.3) is 0 Å². The van der Waals surface area contributed by atoms with Crippen molar-refractivity contribution in [1.82, 2.24) is 4.90 Å². The third-order valence-corrected chi connectivity index (χ3v) is 6.01. The molecule has 1 atom stereocenters. The molecule has 0 spiro atoms. The summed E-state index contributed by atoms with van der Waals surface area (Å²) in [5.41, 5.74) is 4.29. The zero-order valence-corrected chi connectivity index (χ0v) is 16.7. The van der Waals surface area contributed by atoms with E-state index in [1.165, 1.54) is 5.56 Å². The molecule has 0 amide bonds. The summed E-state index contributed by atoms with van der Waals surface area (Å²) in [6.45, 7) is 6.82. The smallest absolute Gasteiger partial charge is 0.307 e. The Morgan fingerprint density at radius 1 is 1.30 bits per heavy atom. The van der Waals surface area contributed by atoms with Gasteiger partial charge in [-0.1, -0.05) is 29.4 Å². The van der Waals surface area contributed by atoms with Gasteiger partial charge in [-0.2, -0.15) is 0 Å². The maximum atomic E-state index is 11.2. The molecule has 144 valence electrons. The Hall–Kier alpha value is -2.18. The fourth-order valence-electron chi connectivity index (χ4n) is 3.41. The number of oxime groups is 1. The van der Waals surface area contributed by atoms with Crippen LogP contribution in [0.1, 0.15) is 34.4 Å². The number of hydrogen-bond acceptors (Lipinski definition) is 5. The highest BCUT2D eigenvalue weighted by Gasteiger charge is 2.25. The summed E-state index contributed by atoms with van der Waals surface area (Å²) in [5.74, 6) is -0.966. The van der Waals surface area contributed by atoms with Crippen molar-refractivity contribution in [3.8, 4) is 0 Å². The van der Waals surface area contributed by atoms with E-state index < -0.39 is 5.97 Å². The van der Waals surface area contributed by atoms with Gasteiger partial charge in [-0.15, -0.1) is 11.3 Å². The number of benzene rings is 1. The molecule has 27 heavy (non-hydrogen) atoms. The summed E-state index contributed by atoms with van der Waals surface area (Å²) >= 11 is 1.66. The summed E-state index contributed by atoms with van der Waals surface area (Å²) in [6, 6.07) is 10.3. The van der Waals surface area contributed by atoms with Gasteiger partial charge in [-0.3, -0.25) is 9.69 Å². The summed E-state index contributed by atoms with van der Waals surface area (Å²) < 4.78 is 0. The molecule has 0 aliphatic carbocycles. The van der Waals surface area contributed by atoms with E-state index in [1.807, 2.05) is 12.1 Å². The highest BCUT2D eigenvalue weighted by atomic mass is 32.1. The van der Waals surface area contributed by atoms with E-state index in [9.17, 15) is 9.90 Å². The van der Waals surface area contributed by atoms with Crippen LogP contribution in [0.15, 0.2) is 40.9 Å². The standard InChI is InChI=1S/C21H26N2O3S/c1-15-6-3-4-8-18(15)19(20-16(2)9-13-27-20)22-26-12-11-23-10-5-7-17(14-23)21(24)25/h3-4,6,8-9,13,17H,5,7,10-12,14H2,1-2H3,(H,24,25)/t17-/m0/s1. The van der Waals surface area contributed by atoms with Crippen molar-refractivity contribution in [2.75, 3.05) is 26.2 Å². The van der Waals surface area contributed by atoms with E-state index in [1.54, 1.807) is 11.3 Å². The van der Waals surface area contributed by atoms with E-state index in [0.29, 0.717) is 19.7 Å². The monoisotopic (exact) mass is 386 g/mol. The first-order chi connectivity index (χ1) is 13.1. The highest BCUT2D eigenvalue weighted by Crippen LogP contribution is 2.23. The fourth-order valence-corrected chi connectivity index (χ4v) is 4.33. The predicted octanol–water partition coefficient (Wildman–Crippen LogP) is 3.93. The Morgan fingerprint density at radius 3 is 2.81 bits per heavy atom. The van der Waals surface area contributed by atoms with Crippen molar-refractivity contribution in [3.05, 3.63) is 57.3 Å². The number of nitrogens with zero attached hydrogens (tertiary/aromatic N) is 2. The van der Waals surface area contributed by atoms with Crippen LogP contribution in [0.5, 0.6) is 0 Å². The molecule has 1 aromatic carbocycles. The number of likely N-dealkylation sites (tertiary alicyclic amines) is 1. The molecular formula is C21H26N2O3S. The van der Waals surface area contributed by atoms with Crippen LogP contribution in [0.2, 0.25) is 0 Å². The number of thiophene rings is 1. The van der Waals surface area contributed by atoms with E-state index in [2.05, 4.69) is 47.5 Å². The minimum absolute atomic E-state index is 0.265. The number of rotatable bonds is 7. The molecule has 0 bridgehead atoms. The maximum Gasteiger partial charge on any atom is 0.307 e. The lowest BCUT2D eigenvalue weighted by Crippen LogP contribution is -2.40. The molecule has 1 fully saturated rings. The van der Waals surface area contributed by atoms with E-state index >= 15 is 0 Å². The lowest BCUT2D eigenvalue weighted by molar-refractivity contribution is -0.143. The van der Waals surface area contributed by atoms with Crippen molar-refractivity contribution >= 4 is 23.0 Å². The molecule has 1 aliphatic heterocycles. The maximum absolute atomic E-state index is 11.2. The Morgan fingerprint density at radius 2 is 2.11 bits per heavy atom. The molecule has 2 heterocycles. The average Bonchev–Trinajstić information content (AvgIpc) is 3.09. The van der Waals surface area contributed by atoms with Gasteiger partial charge in [0, 0.05) is 18.7 Å². The molecule has 6 heteroatoms. The average molecular weight is 387 g/mol. The van der Waals surface area contributed by atoms with Gasteiger partial charge in [0.2, 0.25) is 0 Å². The van der Waals surface area contributed by atoms with Crippen LogP contribution in [0, 0.1) is 19.8 Å². The lowest BCUT2D eigenvalue weighted by Gasteiger charge is -2.29. The topological polar surface area (TPSA) is 62.1 Å². The molecule has 2 aromatic rings. The lowest BCUT2D eigenvalue weighted by atomic mass is 9.98. The van der Waals surface area contributed by atoms with Crippen LogP contribution < -0.4 is 0 Å². The summed E-state index contributed by atoms with van der Waals surface area (Å²) in [5, 5.41) is 15.8. The van der Waals surface area contributed by atoms with Gasteiger partial charge in [0.15, 0.2) is 0 Å². The van der Waals surface area contributed by atoms with Crippen molar-refractivity contribution in [3.63, 3.8) is 0 Å². The quantitative estimate of drug-likeness (QED) is 0.445. The zero-order valence-electron chi connectivity index (χ0n) is 15.9. The van der Waals surface area contributed by atoms with Gasteiger partial charge in [0.25, 0.3) is 0 Å². The second-order valence-electron chi connectivity index (χ2n) is 7.00. The molecule has 1 aliphatic rings. The summed E-state index contributed by atoms with van der Waals surface area (Å²) in [6.07, 6.45) is 1.68. The van der Waals surface area contributed by atoms with Crippen LogP contribution in [0.4, 0.5) is 0 Å². The molecule has 3 rings (SSSR count). The second-order valence-corrected chi connectivity index (χ2v) is 7.91. The van der Waals surface area contributed by atoms with E-state index in [0.717, 1.165) is 41.1 Å². The number of carboxylic acid groups (broad SMARTS) is 1. The molecule has 0 unspecified atom stereocenters. The fraction of sp³-hybridized carbons (Fsp3) is 0.429. The number of carboxylic acids is 1. The summed E-state index contributed by atoms with van der Waals surface area (Å²) in [4.78, 5) is 20.2. The van der Waals surface area contributed by atoms with Crippen LogP contribution >= 0.6 is 11.3 Å². The zero-order chi connectivity index (χ0) is 19.2. The van der Waals surface area contributed by atoms with Crippen LogP contribution in [0.3, 0.4) is 0 Å². The Balaban J connectivity index is 1.67. The van der Waals surface area contributed by atoms with Gasteiger partial charge in [0.05, 0.1) is 10.8 Å². The first-order valence-corrected chi connectivity index (χ1v) is 10.2. The first-order valence-electron chi connectivity index (χ1n) is 9.32. The molecule has 1 N–H and O–H groups in total. The SMILES string of the molecule is Cc1ccccc1C(=NOCCN1CCC[C@H](C(=O)O)C1)c1sccc1C. The number of piperidine rings is 1. The first kappa shape index (κ1) is 19.6. The third-order valence-electron chi connectivity index (χ3n) is 4.99. The van der Waals surface area contributed by atoms with Crippen LogP contribution in [-0.2, 0) is 9.63 Å². The van der Waals surface area contributed by atoms with Gasteiger partial charge in [0.1, 0.15) is 12.3 Å². The Kier molecular flexibility index (Phi) is 6.63. The van der Waals surface area contributed by atoms with Gasteiger partial charge >= 0.3 is 5.97 Å². The Bertz CT molecular complexity index is 815. The van der Waals surface area contributed by atoms with E-state index in [4.69, 9.17) is 4.84 Å². The third kappa shape index (κ3) is 4.96. The van der Waals surface area contributed by atoms with Crippen molar-refractivity contribution in [1.29, 1.82) is 0 Å². The van der Waals surface area contributed by atoms with Gasteiger partial charge < -0.3 is 9.94 Å². The molecule has 1 aromatic heterocycles. The van der Waals surface area contributed by atoms with Gasteiger partial charge in [-0.05, 0) is 55.8 Å². The normalized spacial score (nSPS) is 18.4. The van der Waals surface area contributed by atoms with Crippen molar-refractivity contribution in [2.24, 2.45) is 11.1 Å². The largest absolute Gasteiger partial charge is 0.481 e. The minimum Gasteiger partial charge on any atom is -0.481 e. The highest BCUT2D eigenvalue weighted by molar-refractivity contribution is 7.12. The van der Waals surface area contributed by atoms with E-state index in [-0.39, 0.29) is 5.92 Å². The molecule has 5 nitrogen and oxygen atoms in total. The minimum atomic E-state index is -0.700. The summed E-state index contributed by atoms with van der Waals surface area (Å²) in [7, 11) is 0. The molecule has 0 radical (unpaired) electrons. The number of hydrogen-bond donors (Lipinski definition) is 1. The predicted molar refractivity (Wildman–Crippen MR) is 109 cm³/mol. The number of aliphatic carboxylic acids is 1. The van der Waals surface area contributed by atoms with Crippen LogP contribution in [-0.4, -0.2) is 47.9 Å². The van der Waals surface area contributed by atoms with Crippen molar-refractivity contribution < 1.29 is 14.7 Å². The molecular weight excluding hydrogens is 360 g/mol. The Labute approximate surface area is 164 Å². The second kappa shape index (κ2) is 9.15. The molecule has 0 saturated carbocycles. The number of carbonyl (C=O) groups is 1.